The second kappa shape index (κ2) is 6.38. The molecule has 3 N–H and O–H groups in total. The highest BCUT2D eigenvalue weighted by molar-refractivity contribution is 5.83. The van der Waals surface area contributed by atoms with Gasteiger partial charge >= 0.3 is 12.0 Å². The van der Waals surface area contributed by atoms with Crippen molar-refractivity contribution < 1.29 is 19.8 Å². The zero-order valence-corrected chi connectivity index (χ0v) is 11.0. The first-order chi connectivity index (χ1) is 9.58. The number of carbonyl (C=O) groups excluding carboxylic acids is 1. The third-order valence-electron chi connectivity index (χ3n) is 3.22. The summed E-state index contributed by atoms with van der Waals surface area (Å²) in [5, 5.41) is 25.2. The molecule has 2 heterocycles. The van der Waals surface area contributed by atoms with Gasteiger partial charge in [-0.2, -0.15) is 5.10 Å². The van der Waals surface area contributed by atoms with Crippen molar-refractivity contribution in [2.24, 2.45) is 0 Å². The number of likely N-dealkylation sites (tertiary alicyclic amines) is 1. The molecule has 0 bridgehead atoms. The summed E-state index contributed by atoms with van der Waals surface area (Å²) in [7, 11) is 0. The summed E-state index contributed by atoms with van der Waals surface area (Å²) in [5.41, 5.74) is 0. The van der Waals surface area contributed by atoms with Crippen molar-refractivity contribution in [3.05, 3.63) is 18.5 Å². The van der Waals surface area contributed by atoms with E-state index in [0.29, 0.717) is 19.5 Å². The molecular weight excluding hydrogens is 264 g/mol. The normalized spacial score (nSPS) is 21.9. The smallest absolute Gasteiger partial charge is 0.326 e. The molecule has 0 aromatic carbocycles. The maximum Gasteiger partial charge on any atom is 0.326 e. The molecule has 1 aliphatic heterocycles. The fraction of sp³-hybridized carbons (Fsp3) is 0.583. The number of carboxylic acids is 1. The first-order valence-electron chi connectivity index (χ1n) is 6.50. The lowest BCUT2D eigenvalue weighted by Crippen LogP contribution is -2.46. The van der Waals surface area contributed by atoms with Crippen LogP contribution in [0.25, 0.3) is 0 Å². The number of urea groups is 1. The van der Waals surface area contributed by atoms with Crippen molar-refractivity contribution in [1.29, 1.82) is 0 Å². The summed E-state index contributed by atoms with van der Waals surface area (Å²) in [5.74, 6) is -1.09. The van der Waals surface area contributed by atoms with Gasteiger partial charge in [0.15, 0.2) is 0 Å². The Balaban J connectivity index is 1.75. The molecule has 0 spiro atoms. The molecule has 0 unspecified atom stereocenters. The maximum atomic E-state index is 11.9. The van der Waals surface area contributed by atoms with Crippen molar-refractivity contribution >= 4 is 12.0 Å². The number of aliphatic carboxylic acids is 1. The van der Waals surface area contributed by atoms with E-state index in [0.717, 1.165) is 0 Å². The quantitative estimate of drug-likeness (QED) is 0.631. The van der Waals surface area contributed by atoms with E-state index in [1.807, 2.05) is 12.3 Å². The standard InChI is InChI=1S/C12H18N4O4/c17-9-7-10(11(18)19)16(8-9)12(20)13-3-1-5-15-6-2-4-14-15/h2,4,6,9-10,17H,1,3,5,7-8H2,(H,13,20)(H,18,19)/t9-,10-/m0/s1. The molecule has 1 aromatic rings. The first-order valence-corrected chi connectivity index (χ1v) is 6.50. The van der Waals surface area contributed by atoms with E-state index in [4.69, 9.17) is 5.11 Å². The van der Waals surface area contributed by atoms with Crippen molar-refractivity contribution in [2.45, 2.75) is 31.5 Å². The van der Waals surface area contributed by atoms with Crippen molar-refractivity contribution in [3.63, 3.8) is 0 Å². The van der Waals surface area contributed by atoms with E-state index in [-0.39, 0.29) is 13.0 Å². The molecule has 1 aromatic heterocycles. The molecule has 0 aliphatic carbocycles. The molecule has 8 heteroatoms. The summed E-state index contributed by atoms with van der Waals surface area (Å²) in [6.07, 6.45) is 3.52. The Morgan fingerprint density at radius 1 is 1.45 bits per heavy atom. The molecule has 1 aliphatic rings. The largest absolute Gasteiger partial charge is 0.480 e. The van der Waals surface area contributed by atoms with Crippen LogP contribution in [0.15, 0.2) is 18.5 Å². The Kier molecular flexibility index (Phi) is 4.57. The number of nitrogens with zero attached hydrogens (tertiary/aromatic N) is 3. The molecule has 110 valence electrons. The monoisotopic (exact) mass is 282 g/mol. The van der Waals surface area contributed by atoms with Crippen LogP contribution >= 0.6 is 0 Å². The van der Waals surface area contributed by atoms with Crippen LogP contribution in [-0.4, -0.2) is 62.1 Å². The molecule has 2 rings (SSSR count). The second-order valence-corrected chi connectivity index (χ2v) is 4.75. The zero-order chi connectivity index (χ0) is 14.5. The minimum absolute atomic E-state index is 0.0575. The summed E-state index contributed by atoms with van der Waals surface area (Å²) < 4.78 is 1.76. The average molecular weight is 282 g/mol. The first kappa shape index (κ1) is 14.3. The van der Waals surface area contributed by atoms with E-state index in [2.05, 4.69) is 10.4 Å². The fourth-order valence-corrected chi connectivity index (χ4v) is 2.24. The Hall–Kier alpha value is -2.09. The van der Waals surface area contributed by atoms with Crippen molar-refractivity contribution in [1.82, 2.24) is 20.0 Å². The number of aliphatic hydroxyl groups excluding tert-OH is 1. The van der Waals surface area contributed by atoms with Gasteiger partial charge in [-0.3, -0.25) is 4.68 Å². The maximum absolute atomic E-state index is 11.9. The van der Waals surface area contributed by atoms with Gasteiger partial charge in [-0.1, -0.05) is 0 Å². The van der Waals surface area contributed by atoms with Gasteiger partial charge in [0.2, 0.25) is 0 Å². The predicted molar refractivity (Wildman–Crippen MR) is 69.0 cm³/mol. The molecule has 2 amide bonds. The lowest BCUT2D eigenvalue weighted by Gasteiger charge is -2.21. The van der Waals surface area contributed by atoms with Crippen LogP contribution in [0.5, 0.6) is 0 Å². The Morgan fingerprint density at radius 3 is 2.90 bits per heavy atom. The van der Waals surface area contributed by atoms with Crippen LogP contribution in [0.2, 0.25) is 0 Å². The van der Waals surface area contributed by atoms with E-state index < -0.39 is 24.1 Å². The number of carboxylic acid groups (broad SMARTS) is 1. The number of β-amino-alcohol motifs (C(OH)–C–C–N with tert-alkyl or cyclic N) is 1. The number of amides is 2. The fourth-order valence-electron chi connectivity index (χ4n) is 2.24. The average Bonchev–Trinajstić information content (AvgIpc) is 3.03. The molecule has 0 radical (unpaired) electrons. The van der Waals surface area contributed by atoms with Gasteiger partial charge in [0.05, 0.1) is 6.10 Å². The highest BCUT2D eigenvalue weighted by atomic mass is 16.4. The SMILES string of the molecule is O=C(O)[C@@H]1C[C@H](O)CN1C(=O)NCCCn1cccn1. The number of rotatable bonds is 5. The predicted octanol–water partition coefficient (Wildman–Crippen LogP) is -0.497. The Morgan fingerprint density at radius 2 is 2.25 bits per heavy atom. The highest BCUT2D eigenvalue weighted by Gasteiger charge is 2.38. The molecular formula is C12H18N4O4. The number of hydrogen-bond donors (Lipinski definition) is 3. The van der Waals surface area contributed by atoms with Gasteiger partial charge in [-0.05, 0) is 12.5 Å². The Bertz CT molecular complexity index is 462. The lowest BCUT2D eigenvalue weighted by atomic mass is 10.2. The van der Waals surface area contributed by atoms with Crippen LogP contribution in [0.1, 0.15) is 12.8 Å². The van der Waals surface area contributed by atoms with Gasteiger partial charge in [-0.15, -0.1) is 0 Å². The third kappa shape index (κ3) is 3.47. The summed E-state index contributed by atoms with van der Waals surface area (Å²) in [6, 6.07) is 0.423. The van der Waals surface area contributed by atoms with E-state index >= 15 is 0 Å². The molecule has 1 fully saturated rings. The van der Waals surface area contributed by atoms with Crippen LogP contribution < -0.4 is 5.32 Å². The molecule has 1 saturated heterocycles. The van der Waals surface area contributed by atoms with E-state index in [9.17, 15) is 14.7 Å². The number of nitrogens with one attached hydrogen (secondary N) is 1. The highest BCUT2D eigenvalue weighted by Crippen LogP contribution is 2.17. The minimum Gasteiger partial charge on any atom is -0.480 e. The number of hydrogen-bond acceptors (Lipinski definition) is 4. The van der Waals surface area contributed by atoms with Gasteiger partial charge in [0.25, 0.3) is 0 Å². The number of carbonyl (C=O) groups is 2. The Labute approximate surface area is 116 Å². The van der Waals surface area contributed by atoms with Gasteiger partial charge < -0.3 is 20.4 Å². The molecule has 0 saturated carbocycles. The van der Waals surface area contributed by atoms with Gasteiger partial charge in [0, 0.05) is 38.4 Å². The minimum atomic E-state index is -1.09. The number of aryl methyl sites for hydroxylation is 1. The summed E-state index contributed by atoms with van der Waals surface area (Å²) >= 11 is 0. The molecule has 8 nitrogen and oxygen atoms in total. The zero-order valence-electron chi connectivity index (χ0n) is 11.0. The van der Waals surface area contributed by atoms with Gasteiger partial charge in [-0.25, -0.2) is 9.59 Å². The van der Waals surface area contributed by atoms with Crippen LogP contribution in [0, 0.1) is 0 Å². The molecule has 20 heavy (non-hydrogen) atoms. The summed E-state index contributed by atoms with van der Waals surface area (Å²) in [6.45, 7) is 1.16. The van der Waals surface area contributed by atoms with Gasteiger partial charge in [0.1, 0.15) is 6.04 Å². The van der Waals surface area contributed by atoms with E-state index in [1.54, 1.807) is 10.9 Å². The van der Waals surface area contributed by atoms with Crippen LogP contribution in [-0.2, 0) is 11.3 Å². The summed E-state index contributed by atoms with van der Waals surface area (Å²) in [4.78, 5) is 24.1. The topological polar surface area (TPSA) is 108 Å². The molecule has 2 atom stereocenters. The second-order valence-electron chi connectivity index (χ2n) is 4.75. The van der Waals surface area contributed by atoms with Crippen LogP contribution in [0.3, 0.4) is 0 Å². The van der Waals surface area contributed by atoms with Crippen molar-refractivity contribution in [3.8, 4) is 0 Å². The number of aliphatic hydroxyl groups is 1. The van der Waals surface area contributed by atoms with E-state index in [1.165, 1.54) is 4.90 Å². The van der Waals surface area contributed by atoms with Crippen LogP contribution in [0.4, 0.5) is 4.79 Å². The third-order valence-corrected chi connectivity index (χ3v) is 3.22. The van der Waals surface area contributed by atoms with Crippen molar-refractivity contribution in [2.75, 3.05) is 13.1 Å². The lowest BCUT2D eigenvalue weighted by molar-refractivity contribution is -0.141. The number of aromatic nitrogens is 2.